The van der Waals surface area contributed by atoms with Crippen molar-refractivity contribution in [2.75, 3.05) is 7.05 Å². The molecule has 0 aliphatic carbocycles. The molecule has 0 spiro atoms. The minimum atomic E-state index is -0.183. The number of likely N-dealkylation sites (tertiary alicyclic amines) is 1. The second-order valence-corrected chi connectivity index (χ2v) is 6.04. The molecule has 1 aliphatic rings. The predicted octanol–water partition coefficient (Wildman–Crippen LogP) is 4.26. The lowest BCUT2D eigenvalue weighted by Crippen LogP contribution is -2.50. The van der Waals surface area contributed by atoms with Gasteiger partial charge in [-0.3, -0.25) is 9.69 Å². The van der Waals surface area contributed by atoms with E-state index in [-0.39, 0.29) is 18.1 Å². The van der Waals surface area contributed by atoms with Gasteiger partial charge in [-0.25, -0.2) is 0 Å². The van der Waals surface area contributed by atoms with Crippen molar-refractivity contribution < 1.29 is 9.53 Å². The molecule has 0 amide bonds. The van der Waals surface area contributed by atoms with Crippen LogP contribution in [-0.4, -0.2) is 36.1 Å². The Morgan fingerprint density at radius 2 is 1.95 bits per heavy atom. The first-order chi connectivity index (χ1) is 10.6. The van der Waals surface area contributed by atoms with Crippen molar-refractivity contribution in [1.82, 2.24) is 4.90 Å². The van der Waals surface area contributed by atoms with Crippen LogP contribution in [-0.2, 0) is 9.53 Å². The molecule has 3 unspecified atom stereocenters. The van der Waals surface area contributed by atoms with Crippen LogP contribution in [0.5, 0.6) is 0 Å². The second kappa shape index (κ2) is 10.4. The third kappa shape index (κ3) is 6.61. The van der Waals surface area contributed by atoms with Gasteiger partial charge in [-0.1, -0.05) is 56.2 Å². The third-order valence-corrected chi connectivity index (χ3v) is 4.29. The zero-order valence-electron chi connectivity index (χ0n) is 14.5. The van der Waals surface area contributed by atoms with Gasteiger partial charge in [-0.2, -0.15) is 0 Å². The fourth-order valence-corrected chi connectivity index (χ4v) is 2.76. The number of unbranched alkanes of at least 4 members (excludes halogenated alkanes) is 2. The highest BCUT2D eigenvalue weighted by Gasteiger charge is 2.32. The number of carbonyl (C=O) groups is 1. The normalized spacial score (nSPS) is 27.2. The Balaban J connectivity index is 2.40. The molecule has 0 aromatic heterocycles. The van der Waals surface area contributed by atoms with Crippen molar-refractivity contribution in [1.29, 1.82) is 0 Å². The van der Waals surface area contributed by atoms with Crippen LogP contribution >= 0.6 is 0 Å². The number of piperidine rings is 1. The fraction of sp³-hybridized carbons (Fsp3) is 0.632. The summed E-state index contributed by atoms with van der Waals surface area (Å²) < 4.78 is 5.38. The monoisotopic (exact) mass is 305 g/mol. The van der Waals surface area contributed by atoms with E-state index in [4.69, 9.17) is 4.74 Å². The van der Waals surface area contributed by atoms with Gasteiger partial charge in [0.25, 0.3) is 0 Å². The predicted molar refractivity (Wildman–Crippen MR) is 92.7 cm³/mol. The third-order valence-electron chi connectivity index (χ3n) is 4.29. The summed E-state index contributed by atoms with van der Waals surface area (Å²) in [5, 5.41) is 0. The number of rotatable bonds is 7. The van der Waals surface area contributed by atoms with Crippen LogP contribution in [0.4, 0.5) is 0 Å². The molecule has 1 heterocycles. The van der Waals surface area contributed by atoms with E-state index in [0.29, 0.717) is 6.04 Å². The van der Waals surface area contributed by atoms with E-state index in [1.54, 1.807) is 0 Å². The summed E-state index contributed by atoms with van der Waals surface area (Å²) in [5.41, 5.74) is 0. The molecule has 0 aromatic carbocycles. The minimum absolute atomic E-state index is 0.0178. The van der Waals surface area contributed by atoms with Crippen LogP contribution in [0.2, 0.25) is 0 Å². The van der Waals surface area contributed by atoms with Crippen molar-refractivity contribution in [3.05, 3.63) is 36.5 Å². The largest absolute Gasteiger partial charge is 0.461 e. The molecule has 1 saturated heterocycles. The topological polar surface area (TPSA) is 29.5 Å². The number of hydrogen-bond acceptors (Lipinski definition) is 3. The van der Waals surface area contributed by atoms with Gasteiger partial charge in [0.1, 0.15) is 6.10 Å². The molecule has 0 bridgehead atoms. The summed E-state index contributed by atoms with van der Waals surface area (Å²) in [5.74, 6) is -0.183. The van der Waals surface area contributed by atoms with Crippen LogP contribution in [0.25, 0.3) is 0 Å². The Kier molecular flexibility index (Phi) is 8.83. The molecule has 22 heavy (non-hydrogen) atoms. The van der Waals surface area contributed by atoms with Crippen molar-refractivity contribution in [2.45, 2.75) is 71.1 Å². The lowest BCUT2D eigenvalue weighted by atomic mass is 9.94. The zero-order valence-corrected chi connectivity index (χ0v) is 14.5. The van der Waals surface area contributed by atoms with Crippen LogP contribution in [0.1, 0.15) is 52.9 Å². The molecule has 0 N–H and O–H groups in total. The molecule has 3 heteroatoms. The maximum atomic E-state index is 11.1. The van der Waals surface area contributed by atoms with E-state index in [1.165, 1.54) is 19.8 Å². The summed E-state index contributed by atoms with van der Waals surface area (Å²) in [6, 6.07) is 0.667. The number of allylic oxidation sites excluding steroid dienone is 5. The molecule has 0 radical (unpaired) electrons. The van der Waals surface area contributed by atoms with E-state index < -0.39 is 0 Å². The Morgan fingerprint density at radius 1 is 1.23 bits per heavy atom. The number of likely N-dealkylation sites (N-methyl/N-ethyl adjacent to an activating group) is 1. The summed E-state index contributed by atoms with van der Waals surface area (Å²) in [7, 11) is 2.10. The van der Waals surface area contributed by atoms with E-state index >= 15 is 0 Å². The second-order valence-electron chi connectivity index (χ2n) is 6.04. The number of ether oxygens (including phenoxy) is 1. The number of hydrogen-bond donors (Lipinski definition) is 0. The summed E-state index contributed by atoms with van der Waals surface area (Å²) in [4.78, 5) is 13.4. The Morgan fingerprint density at radius 3 is 2.64 bits per heavy atom. The molecule has 3 atom stereocenters. The molecular formula is C19H31NO2. The molecule has 0 aromatic rings. The maximum absolute atomic E-state index is 11.1. The van der Waals surface area contributed by atoms with Gasteiger partial charge >= 0.3 is 5.97 Å². The quantitative estimate of drug-likeness (QED) is 0.400. The van der Waals surface area contributed by atoms with Gasteiger partial charge in [0.2, 0.25) is 0 Å². The average molecular weight is 305 g/mol. The standard InChI is InChI=1S/C19H31NO2/c1-5-6-7-8-9-10-11-12-13-18-14-15-19(22-17(3)21)16(2)20(18)4/h8-13,16,18-19H,5-7,14-15H2,1-4H3. The Bertz CT molecular complexity index is 412. The Labute approximate surface area is 135 Å². The van der Waals surface area contributed by atoms with Crippen molar-refractivity contribution >= 4 is 5.97 Å². The van der Waals surface area contributed by atoms with Gasteiger partial charge < -0.3 is 4.74 Å². The summed E-state index contributed by atoms with van der Waals surface area (Å²) in [6.07, 6.45) is 18.5. The highest BCUT2D eigenvalue weighted by molar-refractivity contribution is 5.66. The number of esters is 1. The highest BCUT2D eigenvalue weighted by Crippen LogP contribution is 2.24. The Hall–Kier alpha value is -1.35. The lowest BCUT2D eigenvalue weighted by molar-refractivity contribution is -0.152. The van der Waals surface area contributed by atoms with Crippen LogP contribution < -0.4 is 0 Å². The maximum Gasteiger partial charge on any atom is 0.302 e. The summed E-state index contributed by atoms with van der Waals surface area (Å²) in [6.45, 7) is 5.82. The van der Waals surface area contributed by atoms with E-state index in [2.05, 4.69) is 62.3 Å². The number of carbonyl (C=O) groups excluding carboxylic acids is 1. The SMILES string of the molecule is CCCCC=CC=CC=CC1CCC(OC(C)=O)C(C)N1C. The van der Waals surface area contributed by atoms with E-state index in [0.717, 1.165) is 19.3 Å². The molecule has 1 aliphatic heterocycles. The minimum Gasteiger partial charge on any atom is -0.461 e. The molecular weight excluding hydrogens is 274 g/mol. The molecule has 1 fully saturated rings. The molecule has 0 saturated carbocycles. The fourth-order valence-electron chi connectivity index (χ4n) is 2.76. The van der Waals surface area contributed by atoms with Crippen LogP contribution in [0, 0.1) is 0 Å². The smallest absolute Gasteiger partial charge is 0.302 e. The highest BCUT2D eigenvalue weighted by atomic mass is 16.5. The van der Waals surface area contributed by atoms with Gasteiger partial charge in [0.15, 0.2) is 0 Å². The van der Waals surface area contributed by atoms with Gasteiger partial charge in [0, 0.05) is 19.0 Å². The van der Waals surface area contributed by atoms with Crippen molar-refractivity contribution in [3.63, 3.8) is 0 Å². The molecule has 3 nitrogen and oxygen atoms in total. The molecule has 124 valence electrons. The van der Waals surface area contributed by atoms with Gasteiger partial charge in [-0.15, -0.1) is 0 Å². The first-order valence-electron chi connectivity index (χ1n) is 8.45. The number of nitrogens with zero attached hydrogens (tertiary/aromatic N) is 1. The van der Waals surface area contributed by atoms with E-state index in [1.807, 2.05) is 0 Å². The van der Waals surface area contributed by atoms with Crippen LogP contribution in [0.3, 0.4) is 0 Å². The first kappa shape index (κ1) is 18.7. The zero-order chi connectivity index (χ0) is 16.4. The summed E-state index contributed by atoms with van der Waals surface area (Å²) >= 11 is 0. The van der Waals surface area contributed by atoms with Crippen molar-refractivity contribution in [3.8, 4) is 0 Å². The van der Waals surface area contributed by atoms with Crippen molar-refractivity contribution in [2.24, 2.45) is 0 Å². The van der Waals surface area contributed by atoms with E-state index in [9.17, 15) is 4.79 Å². The van der Waals surface area contributed by atoms with Gasteiger partial charge in [-0.05, 0) is 33.2 Å². The average Bonchev–Trinajstić information content (AvgIpc) is 2.48. The first-order valence-corrected chi connectivity index (χ1v) is 8.45. The van der Waals surface area contributed by atoms with Crippen LogP contribution in [0.15, 0.2) is 36.5 Å². The van der Waals surface area contributed by atoms with Gasteiger partial charge in [0.05, 0.1) is 0 Å². The lowest BCUT2D eigenvalue weighted by Gasteiger charge is -2.41. The molecule has 1 rings (SSSR count).